The van der Waals surface area contributed by atoms with Crippen LogP contribution in [-0.4, -0.2) is 32.2 Å². The van der Waals surface area contributed by atoms with Crippen LogP contribution >= 0.6 is 23.1 Å². The van der Waals surface area contributed by atoms with Gasteiger partial charge in [-0.15, -0.1) is 21.5 Å². The molecule has 7 nitrogen and oxygen atoms in total. The monoisotopic (exact) mass is 453 g/mol. The Morgan fingerprint density at radius 1 is 1.19 bits per heavy atom. The van der Waals surface area contributed by atoms with Crippen molar-refractivity contribution in [3.8, 4) is 11.3 Å². The molecule has 2 heterocycles. The molecule has 0 radical (unpaired) electrons. The number of hydrogen-bond acceptors (Lipinski definition) is 7. The number of nitrogens with two attached hydrogens (primary N) is 1. The third-order valence-electron chi connectivity index (χ3n) is 5.18. The zero-order chi connectivity index (χ0) is 21.8. The molecule has 4 rings (SSSR count). The summed E-state index contributed by atoms with van der Waals surface area (Å²) in [5.74, 6) is -0.677. The van der Waals surface area contributed by atoms with Gasteiger partial charge in [0.1, 0.15) is 10.7 Å². The minimum absolute atomic E-state index is 0.190. The average molecular weight is 454 g/mol. The summed E-state index contributed by atoms with van der Waals surface area (Å²) in [5, 5.41) is 11.9. The zero-order valence-electron chi connectivity index (χ0n) is 17.1. The number of thioether (sulfide) groups is 1. The summed E-state index contributed by atoms with van der Waals surface area (Å²) >= 11 is 2.73. The fraction of sp³-hybridized carbons (Fsp3) is 0.318. The molecule has 0 bridgehead atoms. The Balaban J connectivity index is 1.48. The van der Waals surface area contributed by atoms with Crippen molar-refractivity contribution in [3.63, 3.8) is 0 Å². The van der Waals surface area contributed by atoms with Gasteiger partial charge in [-0.3, -0.25) is 9.59 Å². The summed E-state index contributed by atoms with van der Waals surface area (Å²) in [6, 6.07) is 9.68. The SMILES string of the molecule is CC[C@H](Sc1ncc(-c2ccccc2)nn1)C(=O)Nc1sc2c(c1C(N)=O)CCCC2. The maximum atomic E-state index is 13.0. The highest BCUT2D eigenvalue weighted by Crippen LogP contribution is 2.38. The number of rotatable bonds is 7. The quantitative estimate of drug-likeness (QED) is 0.521. The summed E-state index contributed by atoms with van der Waals surface area (Å²) in [7, 11) is 0. The second-order valence-corrected chi connectivity index (χ2v) is 9.55. The van der Waals surface area contributed by atoms with E-state index in [9.17, 15) is 9.59 Å². The second kappa shape index (κ2) is 9.57. The van der Waals surface area contributed by atoms with Crippen LogP contribution < -0.4 is 11.1 Å². The van der Waals surface area contributed by atoms with Gasteiger partial charge in [0.2, 0.25) is 11.1 Å². The number of aromatic nitrogens is 3. The molecule has 3 aromatic rings. The average Bonchev–Trinajstić information content (AvgIpc) is 3.16. The minimum Gasteiger partial charge on any atom is -0.365 e. The molecule has 1 aliphatic carbocycles. The molecule has 9 heteroatoms. The predicted molar refractivity (Wildman–Crippen MR) is 123 cm³/mol. The molecular formula is C22H23N5O2S2. The fourth-order valence-electron chi connectivity index (χ4n) is 3.62. The first-order valence-corrected chi connectivity index (χ1v) is 11.9. The minimum atomic E-state index is -0.487. The predicted octanol–water partition coefficient (Wildman–Crippen LogP) is 4.09. The number of benzene rings is 1. The van der Waals surface area contributed by atoms with Crippen molar-refractivity contribution in [2.24, 2.45) is 5.73 Å². The molecule has 1 atom stereocenters. The lowest BCUT2D eigenvalue weighted by molar-refractivity contribution is -0.115. The van der Waals surface area contributed by atoms with Gasteiger partial charge < -0.3 is 11.1 Å². The summed E-state index contributed by atoms with van der Waals surface area (Å²) in [6.07, 6.45) is 6.13. The van der Waals surface area contributed by atoms with Gasteiger partial charge in [-0.05, 0) is 37.7 Å². The summed E-state index contributed by atoms with van der Waals surface area (Å²) < 4.78 is 0. The third kappa shape index (κ3) is 4.77. The van der Waals surface area contributed by atoms with E-state index >= 15 is 0 Å². The molecule has 0 unspecified atom stereocenters. The lowest BCUT2D eigenvalue weighted by atomic mass is 9.95. The van der Waals surface area contributed by atoms with Crippen molar-refractivity contribution in [2.75, 3.05) is 5.32 Å². The topological polar surface area (TPSA) is 111 Å². The van der Waals surface area contributed by atoms with Crippen LogP contribution in [0, 0.1) is 0 Å². The highest BCUT2D eigenvalue weighted by Gasteiger charge is 2.27. The van der Waals surface area contributed by atoms with E-state index in [2.05, 4.69) is 20.5 Å². The van der Waals surface area contributed by atoms with Gasteiger partial charge >= 0.3 is 0 Å². The number of nitrogens with zero attached hydrogens (tertiary/aromatic N) is 3. The Hall–Kier alpha value is -2.78. The van der Waals surface area contributed by atoms with Crippen molar-refractivity contribution in [1.82, 2.24) is 15.2 Å². The molecule has 0 fully saturated rings. The molecule has 0 saturated carbocycles. The van der Waals surface area contributed by atoms with Crippen LogP contribution in [0.4, 0.5) is 5.00 Å². The number of amides is 2. The first-order valence-electron chi connectivity index (χ1n) is 10.2. The maximum Gasteiger partial charge on any atom is 0.251 e. The standard InChI is InChI=1S/C22H23N5O2S2/c1-2-16(31-22-24-12-15(26-27-22)13-8-4-3-5-9-13)20(29)25-21-18(19(23)28)14-10-6-7-11-17(14)30-21/h3-5,8-9,12,16H,2,6-7,10-11H2,1H3,(H2,23,28)(H,25,29)/t16-/m0/s1. The van der Waals surface area contributed by atoms with Gasteiger partial charge in [-0.1, -0.05) is 49.0 Å². The molecular weight excluding hydrogens is 430 g/mol. The van der Waals surface area contributed by atoms with Crippen LogP contribution in [-0.2, 0) is 17.6 Å². The molecule has 2 amide bonds. The largest absolute Gasteiger partial charge is 0.365 e. The molecule has 31 heavy (non-hydrogen) atoms. The van der Waals surface area contributed by atoms with Crippen molar-refractivity contribution in [1.29, 1.82) is 0 Å². The van der Waals surface area contributed by atoms with Crippen molar-refractivity contribution < 1.29 is 9.59 Å². The number of hydrogen-bond donors (Lipinski definition) is 2. The normalized spacial score (nSPS) is 14.0. The zero-order valence-corrected chi connectivity index (χ0v) is 18.8. The van der Waals surface area contributed by atoms with Gasteiger partial charge in [-0.2, -0.15) is 0 Å². The smallest absolute Gasteiger partial charge is 0.251 e. The number of primary amides is 1. The van der Waals surface area contributed by atoms with E-state index in [4.69, 9.17) is 5.73 Å². The van der Waals surface area contributed by atoms with E-state index in [0.717, 1.165) is 41.7 Å². The highest BCUT2D eigenvalue weighted by atomic mass is 32.2. The highest BCUT2D eigenvalue weighted by molar-refractivity contribution is 8.00. The van der Waals surface area contributed by atoms with E-state index in [1.54, 1.807) is 6.20 Å². The first kappa shape index (κ1) is 21.5. The van der Waals surface area contributed by atoms with Crippen LogP contribution in [0.25, 0.3) is 11.3 Å². The summed E-state index contributed by atoms with van der Waals surface area (Å²) in [6.45, 7) is 1.93. The van der Waals surface area contributed by atoms with Crippen LogP contribution in [0.1, 0.15) is 47.0 Å². The van der Waals surface area contributed by atoms with Gasteiger partial charge in [0, 0.05) is 10.4 Å². The number of nitrogens with one attached hydrogen (secondary N) is 1. The molecule has 0 aliphatic heterocycles. The van der Waals surface area contributed by atoms with Crippen LogP contribution in [0.2, 0.25) is 0 Å². The molecule has 1 aromatic carbocycles. The maximum absolute atomic E-state index is 13.0. The van der Waals surface area contributed by atoms with E-state index in [-0.39, 0.29) is 5.91 Å². The molecule has 3 N–H and O–H groups in total. The Morgan fingerprint density at radius 3 is 2.65 bits per heavy atom. The number of aryl methyl sites for hydroxylation is 1. The van der Waals surface area contributed by atoms with Crippen molar-refractivity contribution in [2.45, 2.75) is 49.4 Å². The van der Waals surface area contributed by atoms with Gasteiger partial charge in [-0.25, -0.2) is 4.98 Å². The van der Waals surface area contributed by atoms with Crippen LogP contribution in [0.5, 0.6) is 0 Å². The lowest BCUT2D eigenvalue weighted by Crippen LogP contribution is -2.26. The van der Waals surface area contributed by atoms with Gasteiger partial charge in [0.15, 0.2) is 0 Å². The molecule has 160 valence electrons. The van der Waals surface area contributed by atoms with E-state index in [1.807, 2.05) is 37.3 Å². The van der Waals surface area contributed by atoms with E-state index in [1.165, 1.54) is 23.1 Å². The summed E-state index contributed by atoms with van der Waals surface area (Å²) in [5.41, 5.74) is 8.72. The third-order valence-corrected chi connectivity index (χ3v) is 7.61. The lowest BCUT2D eigenvalue weighted by Gasteiger charge is -2.14. The van der Waals surface area contributed by atoms with E-state index < -0.39 is 11.2 Å². The second-order valence-electron chi connectivity index (χ2n) is 7.28. The van der Waals surface area contributed by atoms with Gasteiger partial charge in [0.05, 0.1) is 17.0 Å². The molecule has 0 saturated heterocycles. The first-order chi connectivity index (χ1) is 15.1. The number of carbonyl (C=O) groups is 2. The molecule has 1 aliphatic rings. The Kier molecular flexibility index (Phi) is 6.62. The van der Waals surface area contributed by atoms with Crippen molar-refractivity contribution >= 4 is 39.9 Å². The van der Waals surface area contributed by atoms with Gasteiger partial charge in [0.25, 0.3) is 5.91 Å². The number of anilines is 1. The molecule has 2 aromatic heterocycles. The van der Waals surface area contributed by atoms with Crippen LogP contribution in [0.3, 0.4) is 0 Å². The van der Waals surface area contributed by atoms with E-state index in [0.29, 0.717) is 27.8 Å². The number of carbonyl (C=O) groups excluding carboxylic acids is 2. The summed E-state index contributed by atoms with van der Waals surface area (Å²) in [4.78, 5) is 30.6. The van der Waals surface area contributed by atoms with Crippen molar-refractivity contribution in [3.05, 3.63) is 52.5 Å². The number of fused-ring (bicyclic) bond motifs is 1. The fourth-order valence-corrected chi connectivity index (χ4v) is 5.70. The Labute approximate surface area is 188 Å². The Bertz CT molecular complexity index is 1080. The Morgan fingerprint density at radius 2 is 1.97 bits per heavy atom. The van der Waals surface area contributed by atoms with Crippen LogP contribution in [0.15, 0.2) is 41.7 Å². The number of thiophene rings is 1. The molecule has 0 spiro atoms.